The molecule has 1 amide bonds. The van der Waals surface area contributed by atoms with Crippen molar-refractivity contribution in [2.45, 2.75) is 6.04 Å². The maximum atomic E-state index is 13.8. The molecule has 1 aromatic rings. The van der Waals surface area contributed by atoms with Crippen molar-refractivity contribution >= 4 is 5.91 Å². The van der Waals surface area contributed by atoms with Gasteiger partial charge in [0.05, 0.1) is 5.56 Å². The van der Waals surface area contributed by atoms with Crippen LogP contribution in [0.15, 0.2) is 18.2 Å². The summed E-state index contributed by atoms with van der Waals surface area (Å²) >= 11 is 0. The molecule has 1 N–H and O–H groups in total. The second-order valence-electron chi connectivity index (χ2n) is 5.87. The molecule has 0 radical (unpaired) electrons. The van der Waals surface area contributed by atoms with Crippen LogP contribution in [0.2, 0.25) is 0 Å². The van der Waals surface area contributed by atoms with Gasteiger partial charge in [-0.2, -0.15) is 0 Å². The van der Waals surface area contributed by atoms with Gasteiger partial charge in [0.25, 0.3) is 5.91 Å². The van der Waals surface area contributed by atoms with E-state index in [2.05, 4.69) is 16.8 Å². The van der Waals surface area contributed by atoms with Crippen molar-refractivity contribution in [1.29, 1.82) is 0 Å². The molecule has 21 heavy (non-hydrogen) atoms. The molecule has 2 aliphatic rings. The van der Waals surface area contributed by atoms with Gasteiger partial charge in [-0.25, -0.2) is 4.39 Å². The van der Waals surface area contributed by atoms with Crippen LogP contribution >= 0.6 is 0 Å². The molecular formula is C15H20FN3O2. The maximum Gasteiger partial charge on any atom is 0.257 e. The molecule has 0 aliphatic carbocycles. The van der Waals surface area contributed by atoms with Gasteiger partial charge in [-0.15, -0.1) is 0 Å². The van der Waals surface area contributed by atoms with Gasteiger partial charge in [0.2, 0.25) is 0 Å². The summed E-state index contributed by atoms with van der Waals surface area (Å²) in [6.45, 7) is 5.03. The Balaban J connectivity index is 1.75. The zero-order valence-electron chi connectivity index (χ0n) is 12.1. The predicted molar refractivity (Wildman–Crippen MR) is 76.8 cm³/mol. The Labute approximate surface area is 123 Å². The Bertz CT molecular complexity index is 552. The number of nitrogens with zero attached hydrogens (tertiary/aromatic N) is 3. The van der Waals surface area contributed by atoms with Gasteiger partial charge in [0, 0.05) is 45.3 Å². The minimum Gasteiger partial charge on any atom is -0.508 e. The zero-order chi connectivity index (χ0) is 15.0. The number of carbonyl (C=O) groups excluding carboxylic acids is 1. The minimum absolute atomic E-state index is 0.0485. The number of carbonyl (C=O) groups is 1. The number of likely N-dealkylation sites (N-methyl/N-ethyl adjacent to an activating group) is 1. The number of benzene rings is 1. The van der Waals surface area contributed by atoms with E-state index in [0.717, 1.165) is 32.2 Å². The summed E-state index contributed by atoms with van der Waals surface area (Å²) in [5, 5.41) is 9.45. The van der Waals surface area contributed by atoms with Crippen LogP contribution < -0.4 is 0 Å². The Morgan fingerprint density at radius 2 is 2.00 bits per heavy atom. The van der Waals surface area contributed by atoms with Crippen LogP contribution in [-0.2, 0) is 0 Å². The van der Waals surface area contributed by atoms with E-state index in [4.69, 9.17) is 0 Å². The summed E-state index contributed by atoms with van der Waals surface area (Å²) in [5.74, 6) is -1.01. The largest absolute Gasteiger partial charge is 0.508 e. The molecule has 2 heterocycles. The lowest BCUT2D eigenvalue weighted by atomic mass is 10.1. The van der Waals surface area contributed by atoms with E-state index in [-0.39, 0.29) is 17.2 Å². The van der Waals surface area contributed by atoms with Gasteiger partial charge < -0.3 is 14.9 Å². The van der Waals surface area contributed by atoms with E-state index in [1.165, 1.54) is 12.1 Å². The first-order valence-corrected chi connectivity index (χ1v) is 7.25. The first kappa shape index (κ1) is 14.3. The number of aromatic hydroxyl groups is 1. The molecule has 0 spiro atoms. The normalized spacial score (nSPS) is 23.9. The van der Waals surface area contributed by atoms with Crippen molar-refractivity contribution in [1.82, 2.24) is 14.7 Å². The fourth-order valence-electron chi connectivity index (χ4n) is 3.14. The molecule has 1 aromatic carbocycles. The fraction of sp³-hybridized carbons (Fsp3) is 0.533. The number of hydrogen-bond donors (Lipinski definition) is 1. The maximum absolute atomic E-state index is 13.8. The Kier molecular flexibility index (Phi) is 3.82. The molecule has 0 aromatic heterocycles. The van der Waals surface area contributed by atoms with E-state index in [0.29, 0.717) is 19.1 Å². The third-order valence-corrected chi connectivity index (χ3v) is 4.36. The monoisotopic (exact) mass is 293 g/mol. The summed E-state index contributed by atoms with van der Waals surface area (Å²) < 4.78 is 13.8. The first-order chi connectivity index (χ1) is 10.0. The summed E-state index contributed by atoms with van der Waals surface area (Å²) in [6.07, 6.45) is 0. The first-order valence-electron chi connectivity index (χ1n) is 7.25. The lowest BCUT2D eigenvalue weighted by Gasteiger charge is -2.46. The van der Waals surface area contributed by atoms with Crippen molar-refractivity contribution in [3.63, 3.8) is 0 Å². The van der Waals surface area contributed by atoms with Crippen LogP contribution in [0.3, 0.4) is 0 Å². The van der Waals surface area contributed by atoms with Gasteiger partial charge in [-0.05, 0) is 25.2 Å². The van der Waals surface area contributed by atoms with Crippen LogP contribution in [0.1, 0.15) is 10.4 Å². The number of rotatable bonds is 1. The van der Waals surface area contributed by atoms with Gasteiger partial charge in [-0.1, -0.05) is 0 Å². The van der Waals surface area contributed by atoms with Gasteiger partial charge in [0.1, 0.15) is 11.6 Å². The molecular weight excluding hydrogens is 273 g/mol. The van der Waals surface area contributed by atoms with Crippen molar-refractivity contribution in [2.24, 2.45) is 0 Å². The Hall–Kier alpha value is -1.66. The van der Waals surface area contributed by atoms with Gasteiger partial charge >= 0.3 is 0 Å². The molecule has 2 fully saturated rings. The molecule has 1 unspecified atom stereocenters. The number of phenolic OH excluding ortho intramolecular Hbond substituents is 1. The molecule has 2 saturated heterocycles. The molecule has 6 heteroatoms. The number of hydrogen-bond acceptors (Lipinski definition) is 4. The minimum atomic E-state index is -0.582. The van der Waals surface area contributed by atoms with E-state index in [9.17, 15) is 14.3 Å². The number of phenols is 1. The standard InChI is InChI=1S/C15H20FN3O2/c1-17-4-5-18-6-7-19(10-11(18)9-17)15(21)13-8-12(20)2-3-14(13)16/h2-3,8,11,20H,4-7,9-10H2,1H3. The number of fused-ring (bicyclic) bond motifs is 1. The van der Waals surface area contributed by atoms with Gasteiger partial charge in [-0.3, -0.25) is 9.69 Å². The summed E-state index contributed by atoms with van der Waals surface area (Å²) in [5.41, 5.74) is -0.0485. The number of halogens is 1. The SMILES string of the molecule is CN1CCN2CCN(C(=O)c3cc(O)ccc3F)CC2C1. The molecule has 114 valence electrons. The number of amides is 1. The third kappa shape index (κ3) is 2.87. The highest BCUT2D eigenvalue weighted by Gasteiger charge is 2.33. The summed E-state index contributed by atoms with van der Waals surface area (Å²) in [7, 11) is 2.08. The third-order valence-electron chi connectivity index (χ3n) is 4.36. The van der Waals surface area contributed by atoms with Crippen LogP contribution in [0.25, 0.3) is 0 Å². The van der Waals surface area contributed by atoms with Crippen molar-refractivity contribution < 1.29 is 14.3 Å². The lowest BCUT2D eigenvalue weighted by Crippen LogP contribution is -2.62. The molecule has 5 nitrogen and oxygen atoms in total. The van der Waals surface area contributed by atoms with E-state index < -0.39 is 5.82 Å². The van der Waals surface area contributed by atoms with Crippen LogP contribution in [0.4, 0.5) is 4.39 Å². The van der Waals surface area contributed by atoms with Crippen LogP contribution in [-0.4, -0.2) is 78.1 Å². The average Bonchev–Trinajstić information content (AvgIpc) is 2.48. The van der Waals surface area contributed by atoms with Crippen LogP contribution in [0.5, 0.6) is 5.75 Å². The molecule has 2 aliphatic heterocycles. The van der Waals surface area contributed by atoms with E-state index in [1.54, 1.807) is 4.90 Å². The van der Waals surface area contributed by atoms with E-state index in [1.807, 2.05) is 0 Å². The van der Waals surface area contributed by atoms with Crippen molar-refractivity contribution in [3.05, 3.63) is 29.6 Å². The van der Waals surface area contributed by atoms with Crippen molar-refractivity contribution in [3.8, 4) is 5.75 Å². The summed E-state index contributed by atoms with van der Waals surface area (Å²) in [4.78, 5) is 18.8. The van der Waals surface area contributed by atoms with Gasteiger partial charge in [0.15, 0.2) is 0 Å². The van der Waals surface area contributed by atoms with Crippen LogP contribution in [0, 0.1) is 5.82 Å². The smallest absolute Gasteiger partial charge is 0.257 e. The van der Waals surface area contributed by atoms with Crippen molar-refractivity contribution in [2.75, 3.05) is 46.3 Å². The molecule has 1 atom stereocenters. The highest BCUT2D eigenvalue weighted by molar-refractivity contribution is 5.95. The summed E-state index contributed by atoms with van der Waals surface area (Å²) in [6, 6.07) is 3.89. The average molecular weight is 293 g/mol. The molecule has 3 rings (SSSR count). The second-order valence-corrected chi connectivity index (χ2v) is 5.87. The second kappa shape index (κ2) is 5.61. The molecule has 0 bridgehead atoms. The van der Waals surface area contributed by atoms with E-state index >= 15 is 0 Å². The predicted octanol–water partition coefficient (Wildman–Crippen LogP) is 0.603. The topological polar surface area (TPSA) is 47.0 Å². The zero-order valence-corrected chi connectivity index (χ0v) is 12.1. The Morgan fingerprint density at radius 1 is 1.24 bits per heavy atom. The lowest BCUT2D eigenvalue weighted by molar-refractivity contribution is 0.0187. The quantitative estimate of drug-likeness (QED) is 0.824. The highest BCUT2D eigenvalue weighted by Crippen LogP contribution is 2.20. The molecule has 0 saturated carbocycles. The Morgan fingerprint density at radius 3 is 2.81 bits per heavy atom. The fourth-order valence-corrected chi connectivity index (χ4v) is 3.14. The highest BCUT2D eigenvalue weighted by atomic mass is 19.1. The number of piperazine rings is 2.